The standard InChI is InChI=1S/C34H47F2N5O/c1-6-41(7-2)32-37-17-14-31(40-32)39-29(20-24-18-27(35)22-28(36)19-24)30(42)23-38-34(15-9-8-10-16-34)26-13-11-12-25(21-26)33(3,4)5/h11-14,17-19,21-22,29-30,38,42H,6-10,15-16,20,23H2,1-5H3,(H,37,39,40)/t29?,30-/m1/s1. The molecule has 1 heterocycles. The smallest absolute Gasteiger partial charge is 0.227 e. The zero-order chi connectivity index (χ0) is 30.3. The fourth-order valence-electron chi connectivity index (χ4n) is 5.99. The van der Waals surface area contributed by atoms with Crippen molar-refractivity contribution in [2.75, 3.05) is 29.9 Å². The van der Waals surface area contributed by atoms with Crippen LogP contribution in [0.2, 0.25) is 0 Å². The predicted molar refractivity (Wildman–Crippen MR) is 167 cm³/mol. The summed E-state index contributed by atoms with van der Waals surface area (Å²) in [5.41, 5.74) is 2.78. The molecule has 6 nitrogen and oxygen atoms in total. The minimum absolute atomic E-state index is 0.0299. The summed E-state index contributed by atoms with van der Waals surface area (Å²) >= 11 is 0. The molecule has 1 aliphatic rings. The summed E-state index contributed by atoms with van der Waals surface area (Å²) in [4.78, 5) is 11.1. The normalized spacial score (nSPS) is 16.6. The van der Waals surface area contributed by atoms with Gasteiger partial charge in [0.05, 0.1) is 12.1 Å². The van der Waals surface area contributed by atoms with Crippen molar-refractivity contribution in [1.29, 1.82) is 0 Å². The molecule has 2 atom stereocenters. The Morgan fingerprint density at radius 2 is 1.67 bits per heavy atom. The molecule has 42 heavy (non-hydrogen) atoms. The van der Waals surface area contributed by atoms with Crippen LogP contribution in [-0.4, -0.2) is 46.9 Å². The third kappa shape index (κ3) is 8.04. The van der Waals surface area contributed by atoms with Crippen LogP contribution < -0.4 is 15.5 Å². The van der Waals surface area contributed by atoms with Gasteiger partial charge in [-0.1, -0.05) is 64.3 Å². The predicted octanol–water partition coefficient (Wildman–Crippen LogP) is 6.73. The fourth-order valence-corrected chi connectivity index (χ4v) is 5.99. The summed E-state index contributed by atoms with van der Waals surface area (Å²) in [5.74, 6) is -0.129. The van der Waals surface area contributed by atoms with Crippen molar-refractivity contribution in [3.63, 3.8) is 0 Å². The molecule has 2 aromatic carbocycles. The van der Waals surface area contributed by atoms with Gasteiger partial charge in [0.15, 0.2) is 0 Å². The van der Waals surface area contributed by atoms with Crippen molar-refractivity contribution in [1.82, 2.24) is 15.3 Å². The zero-order valence-corrected chi connectivity index (χ0v) is 25.8. The van der Waals surface area contributed by atoms with Crippen molar-refractivity contribution in [3.8, 4) is 0 Å². The van der Waals surface area contributed by atoms with E-state index in [9.17, 15) is 13.9 Å². The second-order valence-corrected chi connectivity index (χ2v) is 12.6. The Kier molecular flexibility index (Phi) is 10.5. The molecular weight excluding hydrogens is 532 g/mol. The van der Waals surface area contributed by atoms with Crippen LogP contribution in [0.15, 0.2) is 54.7 Å². The van der Waals surface area contributed by atoms with Gasteiger partial charge in [-0.2, -0.15) is 4.98 Å². The number of nitrogens with zero attached hydrogens (tertiary/aromatic N) is 3. The van der Waals surface area contributed by atoms with Crippen LogP contribution in [0.4, 0.5) is 20.5 Å². The highest BCUT2D eigenvalue weighted by Crippen LogP contribution is 2.38. The van der Waals surface area contributed by atoms with Gasteiger partial charge < -0.3 is 20.6 Å². The number of benzene rings is 2. The van der Waals surface area contributed by atoms with Gasteiger partial charge in [0, 0.05) is 37.4 Å². The number of nitrogens with one attached hydrogen (secondary N) is 2. The van der Waals surface area contributed by atoms with E-state index in [2.05, 4.69) is 65.6 Å². The topological polar surface area (TPSA) is 73.3 Å². The Hall–Kier alpha value is -3.10. The largest absolute Gasteiger partial charge is 0.390 e. The summed E-state index contributed by atoms with van der Waals surface area (Å²) in [5, 5.41) is 18.8. The summed E-state index contributed by atoms with van der Waals surface area (Å²) in [6.07, 6.45) is 6.43. The number of aliphatic hydroxyl groups is 1. The van der Waals surface area contributed by atoms with Crippen LogP contribution in [0, 0.1) is 11.6 Å². The van der Waals surface area contributed by atoms with E-state index >= 15 is 0 Å². The van der Waals surface area contributed by atoms with Crippen LogP contribution >= 0.6 is 0 Å². The molecule has 4 rings (SSSR count). The number of anilines is 2. The lowest BCUT2D eigenvalue weighted by Gasteiger charge is -2.41. The number of hydrogen-bond donors (Lipinski definition) is 3. The maximum absolute atomic E-state index is 14.1. The van der Waals surface area contributed by atoms with Crippen molar-refractivity contribution >= 4 is 11.8 Å². The Morgan fingerprint density at radius 1 is 0.976 bits per heavy atom. The fraction of sp³-hybridized carbons (Fsp3) is 0.529. The maximum Gasteiger partial charge on any atom is 0.227 e. The van der Waals surface area contributed by atoms with E-state index in [1.54, 1.807) is 12.3 Å². The Labute approximate surface area is 250 Å². The van der Waals surface area contributed by atoms with Gasteiger partial charge in [0.2, 0.25) is 5.95 Å². The molecule has 8 heteroatoms. The molecule has 1 aliphatic carbocycles. The van der Waals surface area contributed by atoms with Crippen molar-refractivity contribution in [2.45, 2.75) is 96.2 Å². The highest BCUT2D eigenvalue weighted by Gasteiger charge is 2.35. The minimum Gasteiger partial charge on any atom is -0.390 e. The molecule has 1 unspecified atom stereocenters. The number of hydrogen-bond acceptors (Lipinski definition) is 6. The quantitative estimate of drug-likeness (QED) is 0.221. The molecule has 0 spiro atoms. The first-order chi connectivity index (χ1) is 20.0. The molecule has 1 saturated carbocycles. The molecule has 3 N–H and O–H groups in total. The SMILES string of the molecule is CCN(CC)c1nccc(NC(Cc2cc(F)cc(F)c2)[C@H](O)CNC2(c3cccc(C(C)(C)C)c3)CCCCC2)n1. The van der Waals surface area contributed by atoms with Crippen molar-refractivity contribution in [2.24, 2.45) is 0 Å². The average molecular weight is 580 g/mol. The van der Waals surface area contributed by atoms with Crippen molar-refractivity contribution < 1.29 is 13.9 Å². The number of halogens is 2. The molecule has 0 saturated heterocycles. The lowest BCUT2D eigenvalue weighted by atomic mass is 9.74. The highest BCUT2D eigenvalue weighted by atomic mass is 19.1. The molecule has 1 aromatic heterocycles. The Bertz CT molecular complexity index is 1280. The van der Waals surface area contributed by atoms with Gasteiger partial charge in [-0.05, 0) is 73.4 Å². The van der Waals surface area contributed by atoms with Gasteiger partial charge in [-0.15, -0.1) is 0 Å². The lowest BCUT2D eigenvalue weighted by Crippen LogP contribution is -2.51. The Balaban J connectivity index is 1.60. The molecule has 0 aliphatic heterocycles. The van der Waals surface area contributed by atoms with Gasteiger partial charge in [0.1, 0.15) is 17.5 Å². The summed E-state index contributed by atoms with van der Waals surface area (Å²) in [7, 11) is 0. The first kappa shape index (κ1) is 31.8. The third-order valence-electron chi connectivity index (χ3n) is 8.50. The molecular formula is C34H47F2N5O. The first-order valence-electron chi connectivity index (χ1n) is 15.4. The van der Waals surface area contributed by atoms with Crippen LogP contribution in [0.5, 0.6) is 0 Å². The van der Waals surface area contributed by atoms with E-state index < -0.39 is 23.8 Å². The summed E-state index contributed by atoms with van der Waals surface area (Å²) in [6.45, 7) is 12.6. The van der Waals surface area contributed by atoms with E-state index in [-0.39, 0.29) is 17.4 Å². The van der Waals surface area contributed by atoms with Gasteiger partial charge in [-0.3, -0.25) is 0 Å². The highest BCUT2D eigenvalue weighted by molar-refractivity contribution is 5.42. The van der Waals surface area contributed by atoms with Crippen LogP contribution in [-0.2, 0) is 17.4 Å². The Morgan fingerprint density at radius 3 is 2.31 bits per heavy atom. The zero-order valence-electron chi connectivity index (χ0n) is 25.8. The minimum atomic E-state index is -0.868. The maximum atomic E-state index is 14.1. The van der Waals surface area contributed by atoms with Crippen LogP contribution in [0.3, 0.4) is 0 Å². The van der Waals surface area contributed by atoms with Gasteiger partial charge >= 0.3 is 0 Å². The molecule has 228 valence electrons. The molecule has 0 amide bonds. The van der Waals surface area contributed by atoms with E-state index in [0.717, 1.165) is 44.8 Å². The summed E-state index contributed by atoms with van der Waals surface area (Å²) in [6, 6.07) is 13.5. The van der Waals surface area contributed by atoms with E-state index in [4.69, 9.17) is 0 Å². The van der Waals surface area contributed by atoms with E-state index in [1.165, 1.54) is 29.7 Å². The monoisotopic (exact) mass is 579 g/mol. The van der Waals surface area contributed by atoms with Gasteiger partial charge in [-0.25, -0.2) is 13.8 Å². The number of rotatable bonds is 12. The molecule has 0 radical (unpaired) electrons. The first-order valence-corrected chi connectivity index (χ1v) is 15.4. The third-order valence-corrected chi connectivity index (χ3v) is 8.50. The second-order valence-electron chi connectivity index (χ2n) is 12.6. The molecule has 1 fully saturated rings. The number of aliphatic hydroxyl groups excluding tert-OH is 1. The average Bonchev–Trinajstić information content (AvgIpc) is 2.96. The van der Waals surface area contributed by atoms with E-state index in [1.807, 2.05) is 18.7 Å². The molecule has 3 aromatic rings. The number of aromatic nitrogens is 2. The van der Waals surface area contributed by atoms with Gasteiger partial charge in [0.25, 0.3) is 0 Å². The van der Waals surface area contributed by atoms with Crippen LogP contribution in [0.1, 0.15) is 83.4 Å². The van der Waals surface area contributed by atoms with E-state index in [0.29, 0.717) is 23.9 Å². The second kappa shape index (κ2) is 13.9. The molecule has 0 bridgehead atoms. The lowest BCUT2D eigenvalue weighted by molar-refractivity contribution is 0.122. The summed E-state index contributed by atoms with van der Waals surface area (Å²) < 4.78 is 28.2. The van der Waals surface area contributed by atoms with Crippen LogP contribution in [0.25, 0.3) is 0 Å². The van der Waals surface area contributed by atoms with Crippen molar-refractivity contribution in [3.05, 3.63) is 83.1 Å².